The van der Waals surface area contributed by atoms with Gasteiger partial charge in [-0.15, -0.1) is 11.3 Å². The molecule has 7 nitrogen and oxygen atoms in total. The second-order valence-electron chi connectivity index (χ2n) is 4.62. The number of rotatable bonds is 7. The Morgan fingerprint density at radius 2 is 2.14 bits per heavy atom. The van der Waals surface area contributed by atoms with Crippen LogP contribution in [0.5, 0.6) is 0 Å². The molecule has 116 valence electrons. The molecule has 0 bridgehead atoms. The first-order chi connectivity index (χ1) is 9.95. The molecular formula is C12H19N5O2S2. The third-order valence-electron chi connectivity index (χ3n) is 3.08. The van der Waals surface area contributed by atoms with Crippen molar-refractivity contribution in [2.75, 3.05) is 13.6 Å². The molecule has 0 fully saturated rings. The Hall–Kier alpha value is -1.29. The van der Waals surface area contributed by atoms with E-state index in [0.717, 1.165) is 11.4 Å². The van der Waals surface area contributed by atoms with Crippen LogP contribution in [0, 0.1) is 13.8 Å². The highest BCUT2D eigenvalue weighted by Gasteiger charge is 2.24. The van der Waals surface area contributed by atoms with E-state index < -0.39 is 10.0 Å². The van der Waals surface area contributed by atoms with Gasteiger partial charge in [0.25, 0.3) is 0 Å². The Morgan fingerprint density at radius 1 is 1.38 bits per heavy atom. The predicted octanol–water partition coefficient (Wildman–Crippen LogP) is 0.654. The Labute approximate surface area is 128 Å². The summed E-state index contributed by atoms with van der Waals surface area (Å²) in [6.07, 6.45) is 1.66. The Bertz CT molecular complexity index is 692. The van der Waals surface area contributed by atoms with E-state index in [9.17, 15) is 8.42 Å². The second kappa shape index (κ2) is 6.65. The average Bonchev–Trinajstić information content (AvgIpc) is 3.03. The van der Waals surface area contributed by atoms with Gasteiger partial charge in [0.15, 0.2) is 0 Å². The number of nitrogens with zero attached hydrogens (tertiary/aromatic N) is 3. The minimum absolute atomic E-state index is 0.244. The number of aryl methyl sites for hydroxylation is 1. The molecule has 0 amide bonds. The minimum Gasteiger partial charge on any atom is -0.318 e. The quantitative estimate of drug-likeness (QED) is 0.779. The van der Waals surface area contributed by atoms with Crippen LogP contribution in [0.15, 0.2) is 16.6 Å². The highest BCUT2D eigenvalue weighted by molar-refractivity contribution is 7.89. The van der Waals surface area contributed by atoms with Crippen LogP contribution in [0.2, 0.25) is 0 Å². The smallest absolute Gasteiger partial charge is 0.244 e. The number of sulfonamides is 1. The van der Waals surface area contributed by atoms with E-state index >= 15 is 0 Å². The largest absolute Gasteiger partial charge is 0.318 e. The molecular weight excluding hydrogens is 310 g/mol. The first-order valence-electron chi connectivity index (χ1n) is 6.51. The lowest BCUT2D eigenvalue weighted by Gasteiger charge is -2.07. The van der Waals surface area contributed by atoms with Crippen LogP contribution < -0.4 is 10.0 Å². The fourth-order valence-electron chi connectivity index (χ4n) is 2.07. The topological polar surface area (TPSA) is 88.9 Å². The average molecular weight is 329 g/mol. The fourth-order valence-corrected chi connectivity index (χ4v) is 4.11. The first-order valence-corrected chi connectivity index (χ1v) is 8.87. The molecule has 0 spiro atoms. The summed E-state index contributed by atoms with van der Waals surface area (Å²) < 4.78 is 29.2. The zero-order valence-corrected chi connectivity index (χ0v) is 13.9. The molecule has 21 heavy (non-hydrogen) atoms. The van der Waals surface area contributed by atoms with Gasteiger partial charge in [-0.25, -0.2) is 13.1 Å². The standard InChI is InChI=1S/C12H19N5O2S2/c1-9-12(10(2)17(16-9)5-4-13-3)21(18,19)15-7-11-6-14-8-20-11/h6,8,13,15H,4-5,7H2,1-3H3. The van der Waals surface area contributed by atoms with Gasteiger partial charge in [0.05, 0.1) is 23.4 Å². The summed E-state index contributed by atoms with van der Waals surface area (Å²) >= 11 is 1.42. The van der Waals surface area contributed by atoms with Gasteiger partial charge in [-0.1, -0.05) is 0 Å². The zero-order valence-electron chi connectivity index (χ0n) is 12.3. The van der Waals surface area contributed by atoms with Gasteiger partial charge in [-0.2, -0.15) is 5.10 Å². The first kappa shape index (κ1) is 16.1. The molecule has 0 unspecified atom stereocenters. The van der Waals surface area contributed by atoms with Crippen LogP contribution >= 0.6 is 11.3 Å². The van der Waals surface area contributed by atoms with Crippen molar-refractivity contribution in [1.29, 1.82) is 0 Å². The van der Waals surface area contributed by atoms with Crippen LogP contribution in [-0.4, -0.2) is 36.8 Å². The lowest BCUT2D eigenvalue weighted by Crippen LogP contribution is -2.24. The van der Waals surface area contributed by atoms with Crippen molar-refractivity contribution < 1.29 is 8.42 Å². The number of hydrogen-bond acceptors (Lipinski definition) is 6. The van der Waals surface area contributed by atoms with Crippen LogP contribution in [0.3, 0.4) is 0 Å². The van der Waals surface area contributed by atoms with Crippen molar-refractivity contribution >= 4 is 21.4 Å². The molecule has 0 saturated heterocycles. The molecule has 2 aromatic heterocycles. The molecule has 0 aliphatic carbocycles. The van der Waals surface area contributed by atoms with E-state index in [0.29, 0.717) is 17.9 Å². The normalized spacial score (nSPS) is 12.0. The molecule has 0 atom stereocenters. The summed E-state index contributed by atoms with van der Waals surface area (Å²) in [7, 11) is -1.73. The van der Waals surface area contributed by atoms with E-state index in [4.69, 9.17) is 0 Å². The number of hydrogen-bond donors (Lipinski definition) is 2. The van der Waals surface area contributed by atoms with Gasteiger partial charge in [0.2, 0.25) is 10.0 Å². The lowest BCUT2D eigenvalue weighted by molar-refractivity contribution is 0.564. The number of likely N-dealkylation sites (N-methyl/N-ethyl adjacent to an activating group) is 1. The summed E-state index contributed by atoms with van der Waals surface area (Å²) in [5.41, 5.74) is 2.84. The number of thiazole rings is 1. The maximum absolute atomic E-state index is 12.5. The summed E-state index contributed by atoms with van der Waals surface area (Å²) in [6, 6.07) is 0. The van der Waals surface area contributed by atoms with E-state index in [-0.39, 0.29) is 11.4 Å². The molecule has 0 aliphatic heterocycles. The van der Waals surface area contributed by atoms with Gasteiger partial charge in [-0.05, 0) is 20.9 Å². The van der Waals surface area contributed by atoms with Crippen molar-refractivity contribution in [3.63, 3.8) is 0 Å². The zero-order chi connectivity index (χ0) is 15.5. The predicted molar refractivity (Wildman–Crippen MR) is 81.8 cm³/mol. The molecule has 0 aliphatic rings. The maximum atomic E-state index is 12.5. The highest BCUT2D eigenvalue weighted by atomic mass is 32.2. The van der Waals surface area contributed by atoms with E-state index in [1.165, 1.54) is 11.3 Å². The monoisotopic (exact) mass is 329 g/mol. The van der Waals surface area contributed by atoms with Crippen molar-refractivity contribution in [2.45, 2.75) is 31.8 Å². The Kier molecular flexibility index (Phi) is 5.09. The number of nitrogens with one attached hydrogen (secondary N) is 2. The van der Waals surface area contributed by atoms with Crippen LogP contribution in [0.4, 0.5) is 0 Å². The van der Waals surface area contributed by atoms with Crippen molar-refractivity contribution in [2.24, 2.45) is 0 Å². The van der Waals surface area contributed by atoms with Crippen molar-refractivity contribution in [3.05, 3.63) is 28.0 Å². The Balaban J connectivity index is 2.21. The molecule has 2 N–H and O–H groups in total. The Morgan fingerprint density at radius 3 is 2.76 bits per heavy atom. The lowest BCUT2D eigenvalue weighted by atomic mass is 10.4. The molecule has 0 aromatic carbocycles. The van der Waals surface area contributed by atoms with Gasteiger partial charge in [0, 0.05) is 24.2 Å². The summed E-state index contributed by atoms with van der Waals surface area (Å²) in [5.74, 6) is 0. The molecule has 0 saturated carbocycles. The molecule has 9 heteroatoms. The third-order valence-corrected chi connectivity index (χ3v) is 5.51. The van der Waals surface area contributed by atoms with E-state index in [1.54, 1.807) is 30.2 Å². The molecule has 0 radical (unpaired) electrons. The fraction of sp³-hybridized carbons (Fsp3) is 0.500. The SMILES string of the molecule is CNCCn1nc(C)c(S(=O)(=O)NCc2cncs2)c1C. The van der Waals surface area contributed by atoms with E-state index in [2.05, 4.69) is 20.1 Å². The van der Waals surface area contributed by atoms with Gasteiger partial charge in [0.1, 0.15) is 4.90 Å². The third kappa shape index (κ3) is 3.67. The van der Waals surface area contributed by atoms with Gasteiger partial charge < -0.3 is 5.32 Å². The van der Waals surface area contributed by atoms with Gasteiger partial charge >= 0.3 is 0 Å². The van der Waals surface area contributed by atoms with E-state index in [1.807, 2.05) is 7.05 Å². The van der Waals surface area contributed by atoms with Crippen LogP contribution in [0.25, 0.3) is 0 Å². The van der Waals surface area contributed by atoms with Crippen LogP contribution in [-0.2, 0) is 23.1 Å². The maximum Gasteiger partial charge on any atom is 0.244 e. The summed E-state index contributed by atoms with van der Waals surface area (Å²) in [6.45, 7) is 5.10. The van der Waals surface area contributed by atoms with Gasteiger partial charge in [-0.3, -0.25) is 9.67 Å². The second-order valence-corrected chi connectivity index (χ2v) is 7.29. The summed E-state index contributed by atoms with van der Waals surface area (Å²) in [4.78, 5) is 5.07. The molecule has 2 heterocycles. The van der Waals surface area contributed by atoms with Crippen molar-refractivity contribution in [1.82, 2.24) is 24.8 Å². The van der Waals surface area contributed by atoms with Crippen LogP contribution in [0.1, 0.15) is 16.3 Å². The molecule has 2 rings (SSSR count). The van der Waals surface area contributed by atoms with Crippen molar-refractivity contribution in [3.8, 4) is 0 Å². The summed E-state index contributed by atoms with van der Waals surface area (Å²) in [5, 5.41) is 7.33. The highest BCUT2D eigenvalue weighted by Crippen LogP contribution is 2.19. The number of aromatic nitrogens is 3. The molecule has 2 aromatic rings. The minimum atomic E-state index is -3.58.